The van der Waals surface area contributed by atoms with Gasteiger partial charge in [0.2, 0.25) is 0 Å². The molecule has 0 radical (unpaired) electrons. The first kappa shape index (κ1) is 14.5. The third-order valence-corrected chi connectivity index (χ3v) is 3.94. The molecule has 1 aliphatic rings. The van der Waals surface area contributed by atoms with E-state index in [4.69, 9.17) is 10.8 Å². The van der Waals surface area contributed by atoms with E-state index in [1.54, 1.807) is 6.92 Å². The predicted octanol–water partition coefficient (Wildman–Crippen LogP) is 1.83. The van der Waals surface area contributed by atoms with Gasteiger partial charge in [0.15, 0.2) is 0 Å². The van der Waals surface area contributed by atoms with Crippen LogP contribution in [0.3, 0.4) is 0 Å². The maximum absolute atomic E-state index is 10.8. The van der Waals surface area contributed by atoms with Crippen molar-refractivity contribution in [3.05, 3.63) is 0 Å². The number of hydrogen-bond donors (Lipinski definition) is 2. The number of unbranched alkanes of at least 4 members (excludes halogenated alkanes) is 1. The summed E-state index contributed by atoms with van der Waals surface area (Å²) in [4.78, 5) is 13.3. The van der Waals surface area contributed by atoms with Gasteiger partial charge in [0.1, 0.15) is 5.54 Å². The van der Waals surface area contributed by atoms with Gasteiger partial charge in [0, 0.05) is 5.54 Å². The van der Waals surface area contributed by atoms with Gasteiger partial charge in [-0.3, -0.25) is 9.69 Å². The Bertz CT molecular complexity index is 275. The Morgan fingerprint density at radius 3 is 2.59 bits per heavy atom. The molecule has 1 fully saturated rings. The van der Waals surface area contributed by atoms with Crippen molar-refractivity contribution in [1.29, 1.82) is 0 Å². The van der Waals surface area contributed by atoms with Gasteiger partial charge in [-0.25, -0.2) is 0 Å². The summed E-state index contributed by atoms with van der Waals surface area (Å²) in [7, 11) is 0. The maximum Gasteiger partial charge on any atom is 0.323 e. The van der Waals surface area contributed by atoms with Gasteiger partial charge in [0.25, 0.3) is 0 Å². The molecule has 17 heavy (non-hydrogen) atoms. The number of carboxylic acid groups (broad SMARTS) is 1. The monoisotopic (exact) mass is 242 g/mol. The molecule has 0 amide bonds. The fraction of sp³-hybridized carbons (Fsp3) is 0.923. The van der Waals surface area contributed by atoms with Crippen LogP contribution >= 0.6 is 0 Å². The number of rotatable bonds is 6. The summed E-state index contributed by atoms with van der Waals surface area (Å²) in [5, 5.41) is 8.90. The molecule has 100 valence electrons. The number of aliphatic carboxylic acids is 1. The highest BCUT2D eigenvalue weighted by molar-refractivity contribution is 5.77. The maximum atomic E-state index is 10.8. The van der Waals surface area contributed by atoms with Crippen molar-refractivity contribution in [1.82, 2.24) is 4.90 Å². The molecule has 3 N–H and O–H groups in total. The number of carboxylic acids is 1. The van der Waals surface area contributed by atoms with E-state index < -0.39 is 11.5 Å². The van der Waals surface area contributed by atoms with E-state index in [9.17, 15) is 4.79 Å². The molecular formula is C13H26N2O2. The first-order valence-corrected chi connectivity index (χ1v) is 6.53. The van der Waals surface area contributed by atoms with Crippen LogP contribution in [0.2, 0.25) is 0 Å². The number of nitrogens with zero attached hydrogens (tertiary/aromatic N) is 1. The van der Waals surface area contributed by atoms with Crippen LogP contribution in [-0.4, -0.2) is 40.1 Å². The van der Waals surface area contributed by atoms with Crippen LogP contribution in [0.15, 0.2) is 0 Å². The lowest BCUT2D eigenvalue weighted by molar-refractivity contribution is -0.142. The summed E-state index contributed by atoms with van der Waals surface area (Å²) in [6, 6.07) is 0. The highest BCUT2D eigenvalue weighted by Crippen LogP contribution is 2.28. The lowest BCUT2D eigenvalue weighted by atomic mass is 9.96. The average molecular weight is 242 g/mol. The molecule has 1 saturated heterocycles. The third kappa shape index (κ3) is 3.96. The van der Waals surface area contributed by atoms with E-state index in [1.807, 2.05) is 0 Å². The van der Waals surface area contributed by atoms with Gasteiger partial charge >= 0.3 is 5.97 Å². The van der Waals surface area contributed by atoms with Gasteiger partial charge in [-0.1, -0.05) is 0 Å². The lowest BCUT2D eigenvalue weighted by Crippen LogP contribution is -2.45. The zero-order chi connectivity index (χ0) is 13.1. The van der Waals surface area contributed by atoms with Crippen LogP contribution in [0.1, 0.15) is 52.9 Å². The Labute approximate surface area is 104 Å². The Morgan fingerprint density at radius 1 is 1.47 bits per heavy atom. The summed E-state index contributed by atoms with van der Waals surface area (Å²) >= 11 is 0. The minimum Gasteiger partial charge on any atom is -0.480 e. The number of likely N-dealkylation sites (tertiary alicyclic amines) is 1. The highest BCUT2D eigenvalue weighted by atomic mass is 16.4. The van der Waals surface area contributed by atoms with E-state index in [-0.39, 0.29) is 0 Å². The quantitative estimate of drug-likeness (QED) is 0.697. The minimum atomic E-state index is -1.07. The normalized spacial score (nSPS) is 23.5. The molecule has 1 rings (SSSR count). The highest BCUT2D eigenvalue weighted by Gasteiger charge is 2.31. The van der Waals surface area contributed by atoms with Gasteiger partial charge in [-0.05, 0) is 66.0 Å². The van der Waals surface area contributed by atoms with Gasteiger partial charge in [-0.2, -0.15) is 0 Å². The molecule has 0 bridgehead atoms. The average Bonchev–Trinajstić information content (AvgIpc) is 2.52. The molecule has 0 aromatic rings. The Morgan fingerprint density at radius 2 is 2.12 bits per heavy atom. The van der Waals surface area contributed by atoms with Crippen LogP contribution in [0, 0.1) is 0 Å². The van der Waals surface area contributed by atoms with Crippen LogP contribution in [0.4, 0.5) is 0 Å². The fourth-order valence-corrected chi connectivity index (χ4v) is 2.48. The van der Waals surface area contributed by atoms with Crippen molar-refractivity contribution >= 4 is 5.97 Å². The molecule has 4 heteroatoms. The summed E-state index contributed by atoms with van der Waals surface area (Å²) < 4.78 is 0. The van der Waals surface area contributed by atoms with Crippen molar-refractivity contribution in [2.24, 2.45) is 5.73 Å². The SMILES string of the molecule is CC(N)(CCCCN1CCCC1(C)C)C(=O)O. The molecule has 0 spiro atoms. The second kappa shape index (κ2) is 5.36. The standard InChI is InChI=1S/C13H26N2O2/c1-12(2)7-6-10-15(12)9-5-4-8-13(3,14)11(16)17/h4-10,14H2,1-3H3,(H,16,17). The van der Waals surface area contributed by atoms with Crippen LogP contribution in [0.5, 0.6) is 0 Å². The molecule has 0 saturated carbocycles. The van der Waals surface area contributed by atoms with E-state index in [0.717, 1.165) is 19.4 Å². The van der Waals surface area contributed by atoms with E-state index in [0.29, 0.717) is 12.0 Å². The van der Waals surface area contributed by atoms with E-state index in [2.05, 4.69) is 18.7 Å². The summed E-state index contributed by atoms with van der Waals surface area (Å²) in [5.74, 6) is -0.904. The summed E-state index contributed by atoms with van der Waals surface area (Å²) in [6.45, 7) is 8.39. The molecule has 1 aliphatic heterocycles. The number of carbonyl (C=O) groups is 1. The van der Waals surface area contributed by atoms with Crippen molar-refractivity contribution in [3.8, 4) is 0 Å². The smallest absolute Gasteiger partial charge is 0.323 e. The van der Waals surface area contributed by atoms with Crippen LogP contribution < -0.4 is 5.73 Å². The van der Waals surface area contributed by atoms with Crippen molar-refractivity contribution < 1.29 is 9.90 Å². The van der Waals surface area contributed by atoms with Crippen LogP contribution in [-0.2, 0) is 4.79 Å². The number of nitrogens with two attached hydrogens (primary N) is 1. The Balaban J connectivity index is 2.23. The van der Waals surface area contributed by atoms with Gasteiger partial charge < -0.3 is 10.8 Å². The first-order valence-electron chi connectivity index (χ1n) is 6.53. The number of hydrogen-bond acceptors (Lipinski definition) is 3. The molecule has 1 heterocycles. The second-order valence-electron chi connectivity index (χ2n) is 6.08. The summed E-state index contributed by atoms with van der Waals surface area (Å²) in [6.07, 6.45) is 5.00. The molecule has 1 atom stereocenters. The Kier molecular flexibility index (Phi) is 4.55. The molecular weight excluding hydrogens is 216 g/mol. The largest absolute Gasteiger partial charge is 0.480 e. The molecule has 1 unspecified atom stereocenters. The predicted molar refractivity (Wildman–Crippen MR) is 69.0 cm³/mol. The zero-order valence-electron chi connectivity index (χ0n) is 11.3. The van der Waals surface area contributed by atoms with Crippen LogP contribution in [0.25, 0.3) is 0 Å². The van der Waals surface area contributed by atoms with E-state index in [1.165, 1.54) is 19.4 Å². The summed E-state index contributed by atoms with van der Waals surface area (Å²) in [5.41, 5.74) is 4.94. The van der Waals surface area contributed by atoms with Crippen molar-refractivity contribution in [2.75, 3.05) is 13.1 Å². The zero-order valence-corrected chi connectivity index (χ0v) is 11.3. The van der Waals surface area contributed by atoms with Gasteiger partial charge in [0.05, 0.1) is 0 Å². The minimum absolute atomic E-state index is 0.318. The van der Waals surface area contributed by atoms with E-state index >= 15 is 0 Å². The Hall–Kier alpha value is -0.610. The molecule has 0 aromatic heterocycles. The first-order chi connectivity index (χ1) is 7.76. The second-order valence-corrected chi connectivity index (χ2v) is 6.08. The molecule has 4 nitrogen and oxygen atoms in total. The van der Waals surface area contributed by atoms with Gasteiger partial charge in [-0.15, -0.1) is 0 Å². The molecule has 0 aromatic carbocycles. The third-order valence-electron chi connectivity index (χ3n) is 3.94. The topological polar surface area (TPSA) is 66.6 Å². The van der Waals surface area contributed by atoms with Crippen molar-refractivity contribution in [2.45, 2.75) is 64.0 Å². The lowest BCUT2D eigenvalue weighted by Gasteiger charge is -2.31. The fourth-order valence-electron chi connectivity index (χ4n) is 2.48. The van der Waals surface area contributed by atoms with Crippen molar-refractivity contribution in [3.63, 3.8) is 0 Å². The molecule has 0 aliphatic carbocycles.